The Morgan fingerprint density at radius 2 is 2.18 bits per heavy atom. The van der Waals surface area contributed by atoms with Gasteiger partial charge >= 0.3 is 0 Å². The molecule has 5 heteroatoms. The molecular weight excluding hydrogens is 276 g/mol. The monoisotopic (exact) mass is 298 g/mol. The Kier molecular flexibility index (Phi) is 4.53. The molecule has 0 spiro atoms. The molecule has 0 radical (unpaired) electrons. The van der Waals surface area contributed by atoms with E-state index in [1.807, 2.05) is 36.0 Å². The molecule has 1 atom stereocenters. The fourth-order valence-electron chi connectivity index (χ4n) is 2.96. The number of aromatic nitrogens is 2. The molecular formula is C17H22N4O. The molecule has 1 saturated heterocycles. The van der Waals surface area contributed by atoms with Crippen LogP contribution in [-0.4, -0.2) is 33.2 Å². The summed E-state index contributed by atoms with van der Waals surface area (Å²) in [6.45, 7) is 4.63. The number of nitrogens with one attached hydrogen (secondary N) is 1. The molecule has 1 N–H and O–H groups in total. The van der Waals surface area contributed by atoms with Gasteiger partial charge in [0, 0.05) is 19.3 Å². The first-order valence-electron chi connectivity index (χ1n) is 7.87. The zero-order chi connectivity index (χ0) is 15.4. The molecule has 1 amide bonds. The van der Waals surface area contributed by atoms with Crippen LogP contribution in [0.25, 0.3) is 0 Å². The summed E-state index contributed by atoms with van der Waals surface area (Å²) >= 11 is 0. The Balaban J connectivity index is 1.63. The van der Waals surface area contributed by atoms with E-state index in [0.717, 1.165) is 38.2 Å². The minimum absolute atomic E-state index is 0.0508. The van der Waals surface area contributed by atoms with Crippen molar-refractivity contribution in [2.75, 3.05) is 11.9 Å². The maximum Gasteiger partial charge on any atom is 0.241 e. The summed E-state index contributed by atoms with van der Waals surface area (Å²) in [5.74, 6) is 0.0732. The van der Waals surface area contributed by atoms with Gasteiger partial charge in [0.25, 0.3) is 0 Å². The van der Waals surface area contributed by atoms with Crippen LogP contribution in [0.4, 0.5) is 5.69 Å². The number of likely N-dealkylation sites (tertiary alicyclic amines) is 1. The highest BCUT2D eigenvalue weighted by Gasteiger charge is 2.30. The Hall–Kier alpha value is -2.14. The maximum absolute atomic E-state index is 12.5. The van der Waals surface area contributed by atoms with Crippen LogP contribution in [0.2, 0.25) is 0 Å². The van der Waals surface area contributed by atoms with Gasteiger partial charge in [-0.3, -0.25) is 14.4 Å². The molecule has 0 unspecified atom stereocenters. The second kappa shape index (κ2) is 6.75. The molecule has 116 valence electrons. The van der Waals surface area contributed by atoms with Crippen molar-refractivity contribution in [2.24, 2.45) is 0 Å². The number of amides is 1. The zero-order valence-electron chi connectivity index (χ0n) is 12.9. The van der Waals surface area contributed by atoms with Crippen molar-refractivity contribution in [1.82, 2.24) is 14.7 Å². The van der Waals surface area contributed by atoms with Gasteiger partial charge in [0.05, 0.1) is 17.9 Å². The first kappa shape index (κ1) is 14.8. The van der Waals surface area contributed by atoms with E-state index in [9.17, 15) is 4.79 Å². The number of benzene rings is 1. The molecule has 3 rings (SSSR count). The SMILES string of the molecule is CCn1cc(NC(=O)[C@@H]2CCCN2Cc2ccccc2)cn1. The number of hydrogen-bond donors (Lipinski definition) is 1. The zero-order valence-corrected chi connectivity index (χ0v) is 12.9. The molecule has 2 aromatic rings. The van der Waals surface area contributed by atoms with Crippen LogP contribution in [0.5, 0.6) is 0 Å². The summed E-state index contributed by atoms with van der Waals surface area (Å²) in [6.07, 6.45) is 5.56. The van der Waals surface area contributed by atoms with Crippen molar-refractivity contribution < 1.29 is 4.79 Å². The highest BCUT2D eigenvalue weighted by Crippen LogP contribution is 2.21. The van der Waals surface area contributed by atoms with Crippen molar-refractivity contribution in [3.05, 3.63) is 48.3 Å². The van der Waals surface area contributed by atoms with Crippen molar-refractivity contribution >= 4 is 11.6 Å². The average Bonchev–Trinajstić information content (AvgIpc) is 3.17. The number of hydrogen-bond acceptors (Lipinski definition) is 3. The van der Waals surface area contributed by atoms with Gasteiger partial charge in [0.1, 0.15) is 0 Å². The van der Waals surface area contributed by atoms with Gasteiger partial charge in [0.15, 0.2) is 0 Å². The molecule has 1 aliphatic rings. The van der Waals surface area contributed by atoms with E-state index in [4.69, 9.17) is 0 Å². The minimum Gasteiger partial charge on any atom is -0.322 e. The summed E-state index contributed by atoms with van der Waals surface area (Å²) in [5.41, 5.74) is 2.03. The van der Waals surface area contributed by atoms with Gasteiger partial charge in [-0.05, 0) is 31.9 Å². The summed E-state index contributed by atoms with van der Waals surface area (Å²) < 4.78 is 1.81. The van der Waals surface area contributed by atoms with Crippen LogP contribution < -0.4 is 5.32 Å². The van der Waals surface area contributed by atoms with Gasteiger partial charge in [0.2, 0.25) is 5.91 Å². The lowest BCUT2D eigenvalue weighted by Gasteiger charge is -2.23. The molecule has 1 aliphatic heterocycles. The third kappa shape index (κ3) is 3.36. The van der Waals surface area contributed by atoms with E-state index in [-0.39, 0.29) is 11.9 Å². The molecule has 1 aromatic carbocycles. The van der Waals surface area contributed by atoms with Crippen LogP contribution >= 0.6 is 0 Å². The summed E-state index contributed by atoms with van der Waals surface area (Å²) in [6, 6.07) is 10.3. The largest absolute Gasteiger partial charge is 0.322 e. The lowest BCUT2D eigenvalue weighted by Crippen LogP contribution is -2.39. The van der Waals surface area contributed by atoms with Crippen LogP contribution in [0.3, 0.4) is 0 Å². The van der Waals surface area contributed by atoms with Gasteiger partial charge < -0.3 is 5.32 Å². The second-order valence-electron chi connectivity index (χ2n) is 5.69. The quantitative estimate of drug-likeness (QED) is 0.922. The van der Waals surface area contributed by atoms with E-state index < -0.39 is 0 Å². The summed E-state index contributed by atoms with van der Waals surface area (Å²) in [4.78, 5) is 14.8. The first-order chi connectivity index (χ1) is 10.8. The van der Waals surface area contributed by atoms with Gasteiger partial charge in [-0.2, -0.15) is 5.10 Å². The fourth-order valence-corrected chi connectivity index (χ4v) is 2.96. The van der Waals surface area contributed by atoms with Crippen LogP contribution in [-0.2, 0) is 17.9 Å². The Bertz CT molecular complexity index is 623. The number of aryl methyl sites for hydroxylation is 1. The first-order valence-corrected chi connectivity index (χ1v) is 7.87. The third-order valence-corrected chi connectivity index (χ3v) is 4.12. The van der Waals surface area contributed by atoms with Crippen LogP contribution in [0, 0.1) is 0 Å². The normalized spacial score (nSPS) is 18.5. The van der Waals surface area contributed by atoms with E-state index in [0.29, 0.717) is 0 Å². The van der Waals surface area contributed by atoms with Crippen LogP contribution in [0.15, 0.2) is 42.7 Å². The predicted octanol–water partition coefficient (Wildman–Crippen LogP) is 2.51. The van der Waals surface area contributed by atoms with Gasteiger partial charge in [-0.1, -0.05) is 30.3 Å². The van der Waals surface area contributed by atoms with Crippen molar-refractivity contribution in [2.45, 2.75) is 38.9 Å². The topological polar surface area (TPSA) is 50.2 Å². The number of anilines is 1. The lowest BCUT2D eigenvalue weighted by atomic mass is 10.1. The fraction of sp³-hybridized carbons (Fsp3) is 0.412. The molecule has 1 fully saturated rings. The van der Waals surface area contributed by atoms with Crippen LogP contribution in [0.1, 0.15) is 25.3 Å². The minimum atomic E-state index is -0.0508. The lowest BCUT2D eigenvalue weighted by molar-refractivity contribution is -0.120. The van der Waals surface area contributed by atoms with Crippen molar-refractivity contribution in [3.8, 4) is 0 Å². The Morgan fingerprint density at radius 1 is 1.36 bits per heavy atom. The van der Waals surface area contributed by atoms with E-state index in [1.165, 1.54) is 5.56 Å². The molecule has 0 aliphatic carbocycles. The Morgan fingerprint density at radius 3 is 2.91 bits per heavy atom. The van der Waals surface area contributed by atoms with E-state index in [1.54, 1.807) is 6.20 Å². The molecule has 22 heavy (non-hydrogen) atoms. The standard InChI is InChI=1S/C17H22N4O/c1-2-21-13-15(11-18-21)19-17(22)16-9-6-10-20(16)12-14-7-4-3-5-8-14/h3-5,7-8,11,13,16H,2,6,9-10,12H2,1H3,(H,19,22)/t16-/m0/s1. The summed E-state index contributed by atoms with van der Waals surface area (Å²) in [5, 5.41) is 7.18. The molecule has 1 aromatic heterocycles. The Labute approximate surface area is 130 Å². The number of nitrogens with zero attached hydrogens (tertiary/aromatic N) is 3. The number of carbonyl (C=O) groups is 1. The van der Waals surface area contributed by atoms with Crippen molar-refractivity contribution in [1.29, 1.82) is 0 Å². The average molecular weight is 298 g/mol. The van der Waals surface area contributed by atoms with Gasteiger partial charge in [-0.25, -0.2) is 0 Å². The third-order valence-electron chi connectivity index (χ3n) is 4.12. The maximum atomic E-state index is 12.5. The number of carbonyl (C=O) groups excluding carboxylic acids is 1. The van der Waals surface area contributed by atoms with E-state index >= 15 is 0 Å². The second-order valence-corrected chi connectivity index (χ2v) is 5.69. The highest BCUT2D eigenvalue weighted by molar-refractivity contribution is 5.94. The smallest absolute Gasteiger partial charge is 0.241 e. The number of rotatable bonds is 5. The molecule has 0 saturated carbocycles. The van der Waals surface area contributed by atoms with Gasteiger partial charge in [-0.15, -0.1) is 0 Å². The molecule has 0 bridgehead atoms. The van der Waals surface area contributed by atoms with Crippen molar-refractivity contribution in [3.63, 3.8) is 0 Å². The predicted molar refractivity (Wildman–Crippen MR) is 86.4 cm³/mol. The molecule has 5 nitrogen and oxygen atoms in total. The summed E-state index contributed by atoms with van der Waals surface area (Å²) in [7, 11) is 0. The molecule has 2 heterocycles. The highest BCUT2D eigenvalue weighted by atomic mass is 16.2. The van der Waals surface area contributed by atoms with E-state index in [2.05, 4.69) is 27.4 Å².